The SMILES string of the molecule is CC(O)C(N)C(=O)NC(CC(=O)O)C(=O)NC(CCC(N)=O)C(=O)NC(CO)C(=O)O. The van der Waals surface area contributed by atoms with Crippen LogP contribution in [-0.2, 0) is 28.8 Å². The Kier molecular flexibility index (Phi) is 11.7. The van der Waals surface area contributed by atoms with Crippen LogP contribution in [0.15, 0.2) is 0 Å². The van der Waals surface area contributed by atoms with Crippen molar-refractivity contribution in [2.24, 2.45) is 11.5 Å². The molecule has 15 nitrogen and oxygen atoms in total. The second kappa shape index (κ2) is 13.1. The maximum atomic E-state index is 12.5. The van der Waals surface area contributed by atoms with E-state index in [1.54, 1.807) is 0 Å². The number of carboxylic acids is 2. The second-order valence-corrected chi connectivity index (χ2v) is 6.57. The van der Waals surface area contributed by atoms with Crippen molar-refractivity contribution in [3.63, 3.8) is 0 Å². The molecule has 0 aliphatic heterocycles. The summed E-state index contributed by atoms with van der Waals surface area (Å²) >= 11 is 0. The van der Waals surface area contributed by atoms with E-state index in [2.05, 4.69) is 5.32 Å². The normalized spacial score (nSPS) is 15.5. The Balaban J connectivity index is 5.51. The lowest BCUT2D eigenvalue weighted by molar-refractivity contribution is -0.144. The predicted octanol–water partition coefficient (Wildman–Crippen LogP) is -5.03. The fourth-order valence-corrected chi connectivity index (χ4v) is 2.16. The van der Waals surface area contributed by atoms with Gasteiger partial charge < -0.3 is 47.8 Å². The van der Waals surface area contributed by atoms with Crippen LogP contribution in [0.4, 0.5) is 0 Å². The summed E-state index contributed by atoms with van der Waals surface area (Å²) in [5.41, 5.74) is 10.4. The molecule has 0 fully saturated rings. The largest absolute Gasteiger partial charge is 0.481 e. The van der Waals surface area contributed by atoms with Crippen LogP contribution in [0.5, 0.6) is 0 Å². The van der Waals surface area contributed by atoms with Crippen molar-refractivity contribution in [3.05, 3.63) is 0 Å². The quantitative estimate of drug-likeness (QED) is 0.121. The van der Waals surface area contributed by atoms with Crippen LogP contribution in [0.3, 0.4) is 0 Å². The number of nitrogens with two attached hydrogens (primary N) is 2. The zero-order valence-electron chi connectivity index (χ0n) is 16.6. The van der Waals surface area contributed by atoms with E-state index in [4.69, 9.17) is 26.8 Å². The van der Waals surface area contributed by atoms with Gasteiger partial charge >= 0.3 is 11.9 Å². The highest BCUT2D eigenvalue weighted by atomic mass is 16.4. The van der Waals surface area contributed by atoms with E-state index >= 15 is 0 Å². The van der Waals surface area contributed by atoms with E-state index < -0.39 is 85.3 Å². The van der Waals surface area contributed by atoms with E-state index in [9.17, 15) is 33.9 Å². The third-order valence-electron chi connectivity index (χ3n) is 3.94. The van der Waals surface area contributed by atoms with Gasteiger partial charge in [0.1, 0.15) is 24.2 Å². The third-order valence-corrected chi connectivity index (χ3v) is 3.94. The molecule has 0 aromatic rings. The maximum absolute atomic E-state index is 12.5. The molecule has 0 aromatic carbocycles. The average molecular weight is 449 g/mol. The summed E-state index contributed by atoms with van der Waals surface area (Å²) in [4.78, 5) is 69.8. The molecule has 0 saturated heterocycles. The molecule has 0 radical (unpaired) electrons. The Morgan fingerprint density at radius 3 is 1.77 bits per heavy atom. The summed E-state index contributed by atoms with van der Waals surface area (Å²) in [6, 6.07) is -6.45. The summed E-state index contributed by atoms with van der Waals surface area (Å²) in [5.74, 6) is -7.20. The standard InChI is InChI=1S/C16H27N5O10/c1-6(23)12(18)15(29)20-8(4-11(25)26)14(28)19-7(2-3-10(17)24)13(27)21-9(5-22)16(30)31/h6-9,12,22-23H,2-5,18H2,1H3,(H2,17,24)(H,19,28)(H,20,29)(H,21,27)(H,25,26)(H,30,31). The number of carboxylic acid groups (broad SMARTS) is 2. The van der Waals surface area contributed by atoms with Crippen molar-refractivity contribution >= 4 is 35.6 Å². The third kappa shape index (κ3) is 10.3. The number of aliphatic carboxylic acids is 2. The molecule has 0 aliphatic rings. The van der Waals surface area contributed by atoms with Crippen molar-refractivity contribution in [1.29, 1.82) is 0 Å². The first-order valence-electron chi connectivity index (χ1n) is 8.98. The lowest BCUT2D eigenvalue weighted by Crippen LogP contribution is -2.58. The zero-order chi connectivity index (χ0) is 24.3. The van der Waals surface area contributed by atoms with E-state index in [1.165, 1.54) is 6.92 Å². The second-order valence-electron chi connectivity index (χ2n) is 6.57. The molecule has 11 N–H and O–H groups in total. The van der Waals surface area contributed by atoms with Gasteiger partial charge in [-0.3, -0.25) is 24.0 Å². The van der Waals surface area contributed by atoms with Crippen LogP contribution in [0, 0.1) is 0 Å². The van der Waals surface area contributed by atoms with Gasteiger partial charge in [0.2, 0.25) is 23.6 Å². The molecule has 0 heterocycles. The number of carbonyl (C=O) groups excluding carboxylic acids is 4. The summed E-state index contributed by atoms with van der Waals surface area (Å²) < 4.78 is 0. The Bertz CT molecular complexity index is 698. The van der Waals surface area contributed by atoms with Gasteiger partial charge in [0.05, 0.1) is 19.1 Å². The predicted molar refractivity (Wildman–Crippen MR) is 101 cm³/mol. The van der Waals surface area contributed by atoms with Crippen LogP contribution in [-0.4, -0.2) is 92.9 Å². The van der Waals surface area contributed by atoms with Crippen LogP contribution in [0.1, 0.15) is 26.2 Å². The summed E-state index contributed by atoms with van der Waals surface area (Å²) in [7, 11) is 0. The molecule has 176 valence electrons. The fraction of sp³-hybridized carbons (Fsp3) is 0.625. The first-order valence-corrected chi connectivity index (χ1v) is 8.98. The van der Waals surface area contributed by atoms with Gasteiger partial charge in [-0.15, -0.1) is 0 Å². The van der Waals surface area contributed by atoms with Crippen molar-refractivity contribution in [2.75, 3.05) is 6.61 Å². The molecule has 5 atom stereocenters. The maximum Gasteiger partial charge on any atom is 0.328 e. The van der Waals surface area contributed by atoms with Gasteiger partial charge in [-0.25, -0.2) is 4.79 Å². The van der Waals surface area contributed by atoms with Gasteiger partial charge in [0, 0.05) is 6.42 Å². The molecule has 0 saturated carbocycles. The Labute approximate surface area is 176 Å². The molecular weight excluding hydrogens is 422 g/mol. The number of primary amides is 1. The average Bonchev–Trinajstić information content (AvgIpc) is 2.66. The molecule has 5 unspecified atom stereocenters. The summed E-state index contributed by atoms with van der Waals surface area (Å²) in [6.45, 7) is 0.229. The van der Waals surface area contributed by atoms with E-state index in [0.29, 0.717) is 0 Å². The first kappa shape index (κ1) is 27.7. The molecule has 0 bridgehead atoms. The molecule has 0 rings (SSSR count). The molecule has 0 spiro atoms. The highest BCUT2D eigenvalue weighted by molar-refractivity contribution is 5.95. The molecular formula is C16H27N5O10. The van der Waals surface area contributed by atoms with Gasteiger partial charge in [0.15, 0.2) is 0 Å². The Hall–Kier alpha value is -3.30. The zero-order valence-corrected chi connectivity index (χ0v) is 16.6. The van der Waals surface area contributed by atoms with Crippen LogP contribution in [0.2, 0.25) is 0 Å². The number of aliphatic hydroxyl groups excluding tert-OH is 2. The van der Waals surface area contributed by atoms with E-state index in [-0.39, 0.29) is 6.42 Å². The lowest BCUT2D eigenvalue weighted by Gasteiger charge is -2.24. The summed E-state index contributed by atoms with van der Waals surface area (Å²) in [5, 5.41) is 42.3. The van der Waals surface area contributed by atoms with Crippen LogP contribution >= 0.6 is 0 Å². The van der Waals surface area contributed by atoms with E-state index in [0.717, 1.165) is 0 Å². The number of hydrogen-bond acceptors (Lipinski definition) is 9. The highest BCUT2D eigenvalue weighted by Gasteiger charge is 2.32. The van der Waals surface area contributed by atoms with Crippen LogP contribution < -0.4 is 27.4 Å². The minimum atomic E-state index is -1.72. The summed E-state index contributed by atoms with van der Waals surface area (Å²) in [6.07, 6.45) is -3.01. The Morgan fingerprint density at radius 2 is 1.35 bits per heavy atom. The number of amides is 4. The highest BCUT2D eigenvalue weighted by Crippen LogP contribution is 2.03. The molecule has 31 heavy (non-hydrogen) atoms. The first-order chi connectivity index (χ1) is 14.3. The number of rotatable bonds is 14. The van der Waals surface area contributed by atoms with Gasteiger partial charge in [-0.1, -0.05) is 0 Å². The van der Waals surface area contributed by atoms with E-state index in [1.807, 2.05) is 10.6 Å². The molecule has 0 aromatic heterocycles. The van der Waals surface area contributed by atoms with Crippen molar-refractivity contribution in [3.8, 4) is 0 Å². The minimum Gasteiger partial charge on any atom is -0.481 e. The van der Waals surface area contributed by atoms with Gasteiger partial charge in [0.25, 0.3) is 0 Å². The van der Waals surface area contributed by atoms with Gasteiger partial charge in [-0.2, -0.15) is 0 Å². The van der Waals surface area contributed by atoms with Crippen molar-refractivity contribution in [1.82, 2.24) is 16.0 Å². The number of carbonyl (C=O) groups is 6. The Morgan fingerprint density at radius 1 is 0.871 bits per heavy atom. The lowest BCUT2D eigenvalue weighted by atomic mass is 10.1. The molecule has 4 amide bonds. The fourth-order valence-electron chi connectivity index (χ4n) is 2.16. The van der Waals surface area contributed by atoms with Crippen molar-refractivity contribution in [2.45, 2.75) is 56.5 Å². The number of hydrogen-bond donors (Lipinski definition) is 9. The number of aliphatic hydroxyl groups is 2. The topological polar surface area (TPSA) is 271 Å². The monoisotopic (exact) mass is 449 g/mol. The minimum absolute atomic E-state index is 0.383. The molecule has 15 heteroatoms. The number of nitrogens with one attached hydrogen (secondary N) is 3. The van der Waals surface area contributed by atoms with Crippen LogP contribution in [0.25, 0.3) is 0 Å². The van der Waals surface area contributed by atoms with Crippen molar-refractivity contribution < 1.29 is 49.2 Å². The van der Waals surface area contributed by atoms with Gasteiger partial charge in [-0.05, 0) is 13.3 Å². The smallest absolute Gasteiger partial charge is 0.328 e. The molecule has 0 aliphatic carbocycles.